The molecule has 1 N–H and O–H groups in total. The summed E-state index contributed by atoms with van der Waals surface area (Å²) in [5, 5.41) is 12.4. The van der Waals surface area contributed by atoms with Crippen molar-refractivity contribution in [3.63, 3.8) is 0 Å². The van der Waals surface area contributed by atoms with E-state index in [2.05, 4.69) is 15.5 Å². The van der Waals surface area contributed by atoms with Crippen LogP contribution in [0.3, 0.4) is 0 Å². The molecule has 0 radical (unpaired) electrons. The van der Waals surface area contributed by atoms with Crippen molar-refractivity contribution in [2.45, 2.75) is 38.8 Å². The molecule has 1 atom stereocenters. The van der Waals surface area contributed by atoms with E-state index in [0.717, 1.165) is 22.7 Å². The maximum atomic E-state index is 12.1. The Morgan fingerprint density at radius 1 is 1.45 bits per heavy atom. The summed E-state index contributed by atoms with van der Waals surface area (Å²) in [7, 11) is -3.33. The first-order valence-corrected chi connectivity index (χ1v) is 9.14. The Hall–Kier alpha value is -1.06. The van der Waals surface area contributed by atoms with Crippen molar-refractivity contribution in [3.05, 3.63) is 10.0 Å². The Labute approximate surface area is 122 Å². The van der Waals surface area contributed by atoms with Crippen LogP contribution >= 0.6 is 11.3 Å². The summed E-state index contributed by atoms with van der Waals surface area (Å²) in [6, 6.07) is -0.594. The summed E-state index contributed by atoms with van der Waals surface area (Å²) in [5.41, 5.74) is 0. The molecule has 112 valence electrons. The molecule has 0 aliphatic carbocycles. The van der Waals surface area contributed by atoms with E-state index in [1.165, 1.54) is 15.6 Å². The first-order chi connectivity index (χ1) is 9.41. The van der Waals surface area contributed by atoms with Gasteiger partial charge in [0, 0.05) is 6.54 Å². The summed E-state index contributed by atoms with van der Waals surface area (Å²) < 4.78 is 24.4. The van der Waals surface area contributed by atoms with Gasteiger partial charge in [-0.15, -0.1) is 10.2 Å². The number of amides is 1. The molecule has 1 aromatic heterocycles. The summed E-state index contributed by atoms with van der Waals surface area (Å²) in [6.45, 7) is 2.70. The molecule has 7 nitrogen and oxygen atoms in total. The Balaban J connectivity index is 1.94. The zero-order chi connectivity index (χ0) is 14.8. The van der Waals surface area contributed by atoms with Crippen LogP contribution in [-0.4, -0.2) is 47.7 Å². The third-order valence-corrected chi connectivity index (χ3v) is 5.51. The van der Waals surface area contributed by atoms with Gasteiger partial charge in [0.25, 0.3) is 0 Å². The molecule has 0 unspecified atom stereocenters. The Bertz CT molecular complexity index is 584. The number of hydrogen-bond acceptors (Lipinski definition) is 6. The fourth-order valence-corrected chi connectivity index (χ4v) is 4.03. The Kier molecular flexibility index (Phi) is 4.71. The van der Waals surface area contributed by atoms with Crippen LogP contribution in [0.4, 0.5) is 0 Å². The van der Waals surface area contributed by atoms with Gasteiger partial charge in [0.2, 0.25) is 15.9 Å². The number of hydrogen-bond donors (Lipinski definition) is 1. The van der Waals surface area contributed by atoms with E-state index in [0.29, 0.717) is 25.9 Å². The lowest BCUT2D eigenvalue weighted by molar-refractivity contribution is -0.124. The van der Waals surface area contributed by atoms with E-state index in [1.54, 1.807) is 0 Å². The molecule has 1 amide bonds. The van der Waals surface area contributed by atoms with Crippen LogP contribution in [-0.2, 0) is 27.8 Å². The molecule has 20 heavy (non-hydrogen) atoms. The minimum Gasteiger partial charge on any atom is -0.348 e. The van der Waals surface area contributed by atoms with Crippen LogP contribution in [0.15, 0.2) is 0 Å². The molecule has 1 aliphatic heterocycles. The van der Waals surface area contributed by atoms with Gasteiger partial charge in [0.1, 0.15) is 16.1 Å². The highest BCUT2D eigenvalue weighted by atomic mass is 32.2. The zero-order valence-corrected chi connectivity index (χ0v) is 13.1. The average Bonchev–Trinajstić information content (AvgIpc) is 3.03. The molecule has 1 aromatic rings. The average molecular weight is 318 g/mol. The second-order valence-electron chi connectivity index (χ2n) is 4.69. The molecule has 2 rings (SSSR count). The van der Waals surface area contributed by atoms with Crippen LogP contribution < -0.4 is 5.32 Å². The third kappa shape index (κ3) is 3.53. The monoisotopic (exact) mass is 318 g/mol. The maximum Gasteiger partial charge on any atom is 0.238 e. The van der Waals surface area contributed by atoms with Gasteiger partial charge in [-0.1, -0.05) is 18.3 Å². The topological polar surface area (TPSA) is 92.3 Å². The van der Waals surface area contributed by atoms with Gasteiger partial charge in [-0.2, -0.15) is 4.31 Å². The van der Waals surface area contributed by atoms with Crippen molar-refractivity contribution >= 4 is 27.3 Å². The highest BCUT2D eigenvalue weighted by molar-refractivity contribution is 7.88. The minimum atomic E-state index is -3.33. The number of rotatable bonds is 5. The summed E-state index contributed by atoms with van der Waals surface area (Å²) in [4.78, 5) is 12.1. The molecule has 1 fully saturated rings. The number of nitrogens with one attached hydrogen (secondary N) is 1. The highest BCUT2D eigenvalue weighted by Crippen LogP contribution is 2.20. The summed E-state index contributed by atoms with van der Waals surface area (Å²) in [5.74, 6) is -0.263. The molecular formula is C11H18N4O3S2. The summed E-state index contributed by atoms with van der Waals surface area (Å²) in [6.07, 6.45) is 3.23. The van der Waals surface area contributed by atoms with E-state index in [-0.39, 0.29) is 5.91 Å². The van der Waals surface area contributed by atoms with E-state index < -0.39 is 16.1 Å². The smallest absolute Gasteiger partial charge is 0.238 e. The fourth-order valence-electron chi connectivity index (χ4n) is 2.18. The van der Waals surface area contributed by atoms with Crippen molar-refractivity contribution in [1.29, 1.82) is 0 Å². The van der Waals surface area contributed by atoms with Crippen molar-refractivity contribution in [2.75, 3.05) is 12.8 Å². The number of nitrogens with zero attached hydrogens (tertiary/aromatic N) is 3. The highest BCUT2D eigenvalue weighted by Gasteiger charge is 2.36. The quantitative estimate of drug-likeness (QED) is 0.834. The molecular weight excluding hydrogens is 300 g/mol. The molecule has 9 heteroatoms. The van der Waals surface area contributed by atoms with Gasteiger partial charge in [-0.05, 0) is 19.3 Å². The third-order valence-electron chi connectivity index (χ3n) is 3.16. The van der Waals surface area contributed by atoms with Crippen LogP contribution in [0, 0.1) is 0 Å². The van der Waals surface area contributed by atoms with Gasteiger partial charge < -0.3 is 5.32 Å². The standard InChI is InChI=1S/C11H18N4O3S2/c1-3-9-13-14-10(19-9)7-12-11(16)8-5-4-6-15(8)20(2,17)18/h8H,3-7H2,1-2H3,(H,12,16)/t8-/m0/s1. The van der Waals surface area contributed by atoms with Crippen LogP contribution in [0.1, 0.15) is 29.8 Å². The van der Waals surface area contributed by atoms with Crippen molar-refractivity contribution < 1.29 is 13.2 Å². The van der Waals surface area contributed by atoms with Gasteiger partial charge >= 0.3 is 0 Å². The maximum absolute atomic E-state index is 12.1. The Morgan fingerprint density at radius 2 is 2.15 bits per heavy atom. The van der Waals surface area contributed by atoms with Crippen LogP contribution in [0.25, 0.3) is 0 Å². The SMILES string of the molecule is CCc1nnc(CNC(=O)[C@@H]2CCCN2S(C)(=O)=O)s1. The van der Waals surface area contributed by atoms with E-state index in [1.807, 2.05) is 6.92 Å². The molecule has 0 saturated carbocycles. The van der Waals surface area contributed by atoms with Gasteiger partial charge in [0.05, 0.1) is 12.8 Å². The number of aryl methyl sites for hydroxylation is 1. The number of carbonyl (C=O) groups excluding carboxylic acids is 1. The first-order valence-electron chi connectivity index (χ1n) is 6.47. The molecule has 1 saturated heterocycles. The first kappa shape index (κ1) is 15.3. The van der Waals surface area contributed by atoms with E-state index in [4.69, 9.17) is 0 Å². The second-order valence-corrected chi connectivity index (χ2v) is 7.77. The zero-order valence-electron chi connectivity index (χ0n) is 11.5. The minimum absolute atomic E-state index is 0.263. The van der Waals surface area contributed by atoms with Crippen molar-refractivity contribution in [1.82, 2.24) is 19.8 Å². The number of carbonyl (C=O) groups is 1. The lowest BCUT2D eigenvalue weighted by atomic mass is 10.2. The predicted molar refractivity (Wildman–Crippen MR) is 75.7 cm³/mol. The second kappa shape index (κ2) is 6.15. The number of sulfonamides is 1. The van der Waals surface area contributed by atoms with Crippen LogP contribution in [0.5, 0.6) is 0 Å². The molecule has 2 heterocycles. The van der Waals surface area contributed by atoms with E-state index >= 15 is 0 Å². The van der Waals surface area contributed by atoms with Gasteiger partial charge in [-0.25, -0.2) is 8.42 Å². The van der Waals surface area contributed by atoms with Crippen LogP contribution in [0.2, 0.25) is 0 Å². The number of aromatic nitrogens is 2. The lowest BCUT2D eigenvalue weighted by Gasteiger charge is -2.20. The molecule has 0 aromatic carbocycles. The molecule has 0 bridgehead atoms. The normalized spacial score (nSPS) is 20.2. The summed E-state index contributed by atoms with van der Waals surface area (Å²) >= 11 is 1.45. The van der Waals surface area contributed by atoms with Gasteiger partial charge in [0.15, 0.2) is 0 Å². The van der Waals surface area contributed by atoms with Gasteiger partial charge in [-0.3, -0.25) is 4.79 Å². The largest absolute Gasteiger partial charge is 0.348 e. The van der Waals surface area contributed by atoms with Crippen molar-refractivity contribution in [3.8, 4) is 0 Å². The van der Waals surface area contributed by atoms with Crippen molar-refractivity contribution in [2.24, 2.45) is 0 Å². The Morgan fingerprint density at radius 3 is 2.75 bits per heavy atom. The predicted octanol–water partition coefficient (Wildman–Crippen LogP) is 0.141. The van der Waals surface area contributed by atoms with E-state index in [9.17, 15) is 13.2 Å². The molecule has 1 aliphatic rings. The molecule has 0 spiro atoms. The fraction of sp³-hybridized carbons (Fsp3) is 0.727. The lowest BCUT2D eigenvalue weighted by Crippen LogP contribution is -2.45.